The highest BCUT2D eigenvalue weighted by atomic mass is 32.2. The van der Waals surface area contributed by atoms with Crippen LogP contribution in [0.15, 0.2) is 59.5 Å². The Kier molecular flexibility index (Phi) is 7.73. The molecule has 2 aromatic rings. The van der Waals surface area contributed by atoms with Gasteiger partial charge >= 0.3 is 0 Å². The van der Waals surface area contributed by atoms with Crippen molar-refractivity contribution in [1.82, 2.24) is 4.72 Å². The van der Waals surface area contributed by atoms with Crippen molar-refractivity contribution in [3.8, 4) is 0 Å². The first kappa shape index (κ1) is 22.1. The summed E-state index contributed by atoms with van der Waals surface area (Å²) in [7, 11) is -7.22. The number of sulfonamides is 1. The zero-order valence-corrected chi connectivity index (χ0v) is 17.2. The van der Waals surface area contributed by atoms with E-state index in [0.717, 1.165) is 12.8 Å². The van der Waals surface area contributed by atoms with E-state index in [-0.39, 0.29) is 10.6 Å². The van der Waals surface area contributed by atoms with Crippen LogP contribution in [0, 0.1) is 0 Å². The topological polar surface area (TPSA) is 109 Å². The van der Waals surface area contributed by atoms with Gasteiger partial charge in [-0.1, -0.05) is 43.7 Å². The van der Waals surface area contributed by atoms with Gasteiger partial charge in [-0.25, -0.2) is 21.6 Å². The van der Waals surface area contributed by atoms with Crippen LogP contribution in [-0.4, -0.2) is 35.0 Å². The molecule has 2 aromatic carbocycles. The van der Waals surface area contributed by atoms with Crippen molar-refractivity contribution in [3.05, 3.63) is 60.2 Å². The Morgan fingerprint density at radius 1 is 0.929 bits per heavy atom. The maximum absolute atomic E-state index is 12.2. The van der Waals surface area contributed by atoms with E-state index in [1.807, 2.05) is 6.92 Å². The first-order valence-electron chi connectivity index (χ1n) is 8.86. The van der Waals surface area contributed by atoms with Gasteiger partial charge in [-0.05, 0) is 36.2 Å². The number of benzene rings is 2. The molecule has 0 saturated carbocycles. The fraction of sp³-hybridized carbons (Fsp3) is 0.316. The molecule has 0 aliphatic heterocycles. The molecule has 0 heterocycles. The van der Waals surface area contributed by atoms with Crippen molar-refractivity contribution in [2.75, 3.05) is 17.6 Å². The van der Waals surface area contributed by atoms with E-state index >= 15 is 0 Å². The Morgan fingerprint density at radius 3 is 2.18 bits per heavy atom. The van der Waals surface area contributed by atoms with E-state index in [4.69, 9.17) is 0 Å². The minimum atomic E-state index is -3.62. The molecular formula is C19H24N2O5S2. The number of unbranched alkanes of at least 4 members (excludes halogenated alkanes) is 1. The summed E-state index contributed by atoms with van der Waals surface area (Å²) in [5, 5.41) is 2.48. The Hall–Kier alpha value is -2.23. The molecule has 0 atom stereocenters. The van der Waals surface area contributed by atoms with E-state index in [9.17, 15) is 21.6 Å². The first-order valence-corrected chi connectivity index (χ1v) is 12.2. The van der Waals surface area contributed by atoms with E-state index in [2.05, 4.69) is 10.0 Å². The van der Waals surface area contributed by atoms with E-state index in [1.165, 1.54) is 24.3 Å². The van der Waals surface area contributed by atoms with Gasteiger partial charge in [0.25, 0.3) is 0 Å². The van der Waals surface area contributed by atoms with Gasteiger partial charge in [0.2, 0.25) is 15.9 Å². The number of anilines is 1. The number of amides is 1. The lowest BCUT2D eigenvalue weighted by Gasteiger charge is -2.09. The average molecular weight is 425 g/mol. The summed E-state index contributed by atoms with van der Waals surface area (Å²) in [5.74, 6) is -1.55. The van der Waals surface area contributed by atoms with Crippen molar-refractivity contribution in [1.29, 1.82) is 0 Å². The van der Waals surface area contributed by atoms with Crippen LogP contribution in [0.5, 0.6) is 0 Å². The number of hydrogen-bond acceptors (Lipinski definition) is 5. The van der Waals surface area contributed by atoms with E-state index in [0.29, 0.717) is 17.8 Å². The molecule has 0 bridgehead atoms. The van der Waals surface area contributed by atoms with Gasteiger partial charge in [-0.2, -0.15) is 0 Å². The Balaban J connectivity index is 1.95. The maximum Gasteiger partial charge on any atom is 0.240 e. The fourth-order valence-corrected chi connectivity index (χ4v) is 4.81. The zero-order valence-electron chi connectivity index (χ0n) is 15.6. The van der Waals surface area contributed by atoms with Crippen molar-refractivity contribution in [2.45, 2.75) is 30.4 Å². The molecule has 1 amide bonds. The zero-order chi connectivity index (χ0) is 20.6. The molecule has 0 spiro atoms. The van der Waals surface area contributed by atoms with Crippen LogP contribution >= 0.6 is 0 Å². The smallest absolute Gasteiger partial charge is 0.240 e. The second kappa shape index (κ2) is 9.81. The maximum atomic E-state index is 12.2. The van der Waals surface area contributed by atoms with Gasteiger partial charge in [0.05, 0.1) is 10.6 Å². The largest absolute Gasteiger partial charge is 0.325 e. The highest BCUT2D eigenvalue weighted by Gasteiger charge is 2.18. The summed E-state index contributed by atoms with van der Waals surface area (Å²) >= 11 is 0. The third kappa shape index (κ3) is 7.06. The quantitative estimate of drug-likeness (QED) is 0.569. The van der Waals surface area contributed by atoms with Crippen molar-refractivity contribution >= 4 is 31.5 Å². The molecule has 0 aliphatic rings. The second-order valence-corrected chi connectivity index (χ2v) is 10.2. The molecule has 0 aliphatic carbocycles. The molecule has 0 radical (unpaired) electrons. The first-order chi connectivity index (χ1) is 13.2. The summed E-state index contributed by atoms with van der Waals surface area (Å²) in [4.78, 5) is 12.1. The summed E-state index contributed by atoms with van der Waals surface area (Å²) < 4.78 is 51.1. The van der Waals surface area contributed by atoms with Crippen LogP contribution in [0.3, 0.4) is 0 Å². The number of nitrogens with one attached hydrogen (secondary N) is 2. The lowest BCUT2D eigenvalue weighted by atomic mass is 10.2. The van der Waals surface area contributed by atoms with Crippen molar-refractivity contribution in [2.24, 2.45) is 0 Å². The highest BCUT2D eigenvalue weighted by Crippen LogP contribution is 2.14. The number of hydrogen-bond donors (Lipinski definition) is 2. The Bertz CT molecular complexity index is 986. The predicted octanol–water partition coefficient (Wildman–Crippen LogP) is 2.32. The predicted molar refractivity (Wildman–Crippen MR) is 109 cm³/mol. The average Bonchev–Trinajstić information content (AvgIpc) is 2.62. The normalized spacial score (nSPS) is 11.9. The van der Waals surface area contributed by atoms with E-state index in [1.54, 1.807) is 30.3 Å². The molecular weight excluding hydrogens is 400 g/mol. The molecule has 0 aromatic heterocycles. The summed E-state index contributed by atoms with van der Waals surface area (Å²) in [6.07, 6.45) is 1.62. The van der Waals surface area contributed by atoms with Crippen LogP contribution in [0.2, 0.25) is 0 Å². The molecule has 0 unspecified atom stereocenters. The van der Waals surface area contributed by atoms with Gasteiger partial charge < -0.3 is 5.32 Å². The third-order valence-corrected chi connectivity index (χ3v) is 6.80. The van der Waals surface area contributed by atoms with Crippen molar-refractivity contribution in [3.63, 3.8) is 0 Å². The fourth-order valence-electron chi connectivity index (χ4n) is 2.46. The highest BCUT2D eigenvalue weighted by molar-refractivity contribution is 7.91. The van der Waals surface area contributed by atoms with Crippen molar-refractivity contribution < 1.29 is 21.6 Å². The van der Waals surface area contributed by atoms with Gasteiger partial charge in [0.15, 0.2) is 9.84 Å². The molecule has 0 fully saturated rings. The lowest BCUT2D eigenvalue weighted by molar-refractivity contribution is -0.113. The molecule has 7 nitrogen and oxygen atoms in total. The van der Waals surface area contributed by atoms with Crippen LogP contribution in [0.1, 0.15) is 25.3 Å². The minimum Gasteiger partial charge on any atom is -0.325 e. The SMILES string of the molecule is CCCCNS(=O)(=O)c1ccc(NC(=O)CS(=O)(=O)Cc2ccccc2)cc1. The number of rotatable bonds is 10. The van der Waals surface area contributed by atoms with Gasteiger partial charge in [-0.15, -0.1) is 0 Å². The molecule has 28 heavy (non-hydrogen) atoms. The molecule has 2 rings (SSSR count). The second-order valence-electron chi connectivity index (χ2n) is 6.34. The van der Waals surface area contributed by atoms with Crippen LogP contribution < -0.4 is 10.0 Å². The molecule has 9 heteroatoms. The Labute approximate surface area is 166 Å². The number of carbonyl (C=O) groups is 1. The monoisotopic (exact) mass is 424 g/mol. The molecule has 2 N–H and O–H groups in total. The lowest BCUT2D eigenvalue weighted by Crippen LogP contribution is -2.25. The van der Waals surface area contributed by atoms with Crippen LogP contribution in [0.4, 0.5) is 5.69 Å². The number of sulfone groups is 1. The molecule has 0 saturated heterocycles. The minimum absolute atomic E-state index is 0.0818. The molecule has 152 valence electrons. The van der Waals surface area contributed by atoms with Crippen LogP contribution in [-0.2, 0) is 30.4 Å². The summed E-state index contributed by atoms with van der Waals surface area (Å²) in [6.45, 7) is 2.32. The number of carbonyl (C=O) groups excluding carboxylic acids is 1. The summed E-state index contributed by atoms with van der Waals surface area (Å²) in [5.41, 5.74) is 0.938. The van der Waals surface area contributed by atoms with E-state index < -0.39 is 31.5 Å². The standard InChI is InChI=1S/C19H24N2O5S2/c1-2-3-13-20-28(25,26)18-11-9-17(10-12-18)21-19(22)15-27(23,24)14-16-7-5-4-6-8-16/h4-12,20H,2-3,13-15H2,1H3,(H,21,22). The summed E-state index contributed by atoms with van der Waals surface area (Å²) in [6, 6.07) is 14.2. The van der Waals surface area contributed by atoms with Gasteiger partial charge in [0, 0.05) is 12.2 Å². The van der Waals surface area contributed by atoms with Crippen LogP contribution in [0.25, 0.3) is 0 Å². The third-order valence-electron chi connectivity index (χ3n) is 3.85. The Morgan fingerprint density at radius 2 is 1.57 bits per heavy atom. The van der Waals surface area contributed by atoms with Gasteiger partial charge in [-0.3, -0.25) is 4.79 Å². The van der Waals surface area contributed by atoms with Gasteiger partial charge in [0.1, 0.15) is 5.75 Å².